The van der Waals surface area contributed by atoms with Crippen LogP contribution in [0.1, 0.15) is 0 Å². The van der Waals surface area contributed by atoms with Gasteiger partial charge in [-0.3, -0.25) is 4.79 Å². The van der Waals surface area contributed by atoms with E-state index in [0.717, 1.165) is 0 Å². The molecule has 0 aromatic heterocycles. The Balaban J connectivity index is 3.91. The van der Waals surface area contributed by atoms with Crippen molar-refractivity contribution in [3.8, 4) is 0 Å². The van der Waals surface area contributed by atoms with Gasteiger partial charge in [0, 0.05) is 25.9 Å². The molecule has 0 aromatic rings. The topological polar surface area (TPSA) is 53.5 Å². The molecule has 0 unspecified atom stereocenters. The summed E-state index contributed by atoms with van der Waals surface area (Å²) in [5.74, 6) is -0.203. The molecule has 12 heavy (non-hydrogen) atoms. The summed E-state index contributed by atoms with van der Waals surface area (Å²) in [6.45, 7) is 3.53. The highest BCUT2D eigenvalue weighted by Crippen LogP contribution is 1.91. The zero-order chi connectivity index (χ0) is 9.40. The van der Waals surface area contributed by atoms with Crippen molar-refractivity contribution >= 4 is 12.2 Å². The van der Waals surface area contributed by atoms with E-state index in [-0.39, 0.29) is 5.91 Å². The fourth-order valence-electron chi connectivity index (χ4n) is 0.487. The number of amides is 1. The molecule has 0 aliphatic heterocycles. The van der Waals surface area contributed by atoms with Crippen LogP contribution in [0.3, 0.4) is 0 Å². The molecule has 0 aliphatic rings. The van der Waals surface area contributed by atoms with Crippen LogP contribution < -0.4 is 10.6 Å². The Morgan fingerprint density at radius 1 is 1.50 bits per heavy atom. The van der Waals surface area contributed by atoms with Gasteiger partial charge in [0.1, 0.15) is 0 Å². The molecule has 4 heteroatoms. The molecule has 1 amide bonds. The number of hydrogen-bond donors (Lipinski definition) is 2. The Morgan fingerprint density at radius 2 is 2.17 bits per heavy atom. The second-order valence-corrected chi connectivity index (χ2v) is 1.99. The van der Waals surface area contributed by atoms with Crippen LogP contribution in [0.15, 0.2) is 29.4 Å². The van der Waals surface area contributed by atoms with Crippen LogP contribution >= 0.6 is 0 Å². The Hall–Kier alpha value is -1.58. The zero-order valence-electron chi connectivity index (χ0n) is 7.29. The average Bonchev–Trinajstić information content (AvgIpc) is 2.10. The molecule has 4 nitrogen and oxygen atoms in total. The van der Waals surface area contributed by atoms with Gasteiger partial charge >= 0.3 is 0 Å². The number of hydrogen-bond acceptors (Lipinski definition) is 2. The van der Waals surface area contributed by atoms with Gasteiger partial charge in [-0.05, 0) is 6.08 Å². The summed E-state index contributed by atoms with van der Waals surface area (Å²) in [6, 6.07) is 0. The second-order valence-electron chi connectivity index (χ2n) is 1.99. The first-order valence-electron chi connectivity index (χ1n) is 3.48. The molecule has 2 N–H and O–H groups in total. The number of rotatable bonds is 4. The van der Waals surface area contributed by atoms with E-state index in [2.05, 4.69) is 22.2 Å². The first-order chi connectivity index (χ1) is 5.72. The van der Waals surface area contributed by atoms with E-state index in [4.69, 9.17) is 0 Å². The van der Waals surface area contributed by atoms with Gasteiger partial charge in [0.05, 0.1) is 6.34 Å². The third-order valence-corrected chi connectivity index (χ3v) is 1.08. The van der Waals surface area contributed by atoms with Gasteiger partial charge in [0.15, 0.2) is 0 Å². The van der Waals surface area contributed by atoms with Crippen molar-refractivity contribution in [1.82, 2.24) is 10.6 Å². The molecule has 0 atom stereocenters. The van der Waals surface area contributed by atoms with E-state index < -0.39 is 0 Å². The molecule has 0 heterocycles. The summed E-state index contributed by atoms with van der Waals surface area (Å²) in [4.78, 5) is 14.6. The molecular weight excluding hydrogens is 154 g/mol. The van der Waals surface area contributed by atoms with Crippen molar-refractivity contribution < 1.29 is 4.79 Å². The van der Waals surface area contributed by atoms with E-state index in [1.807, 2.05) is 0 Å². The Bertz CT molecular complexity index is 218. The molecule has 0 aliphatic carbocycles. The van der Waals surface area contributed by atoms with Crippen LogP contribution in [0.25, 0.3) is 0 Å². The number of nitrogens with one attached hydrogen (secondary N) is 2. The molecule has 0 saturated heterocycles. The maximum absolute atomic E-state index is 10.8. The highest BCUT2D eigenvalue weighted by atomic mass is 16.1. The van der Waals surface area contributed by atoms with E-state index in [0.29, 0.717) is 5.57 Å². The minimum absolute atomic E-state index is 0.203. The molecule has 0 fully saturated rings. The minimum Gasteiger partial charge on any atom is -0.379 e. The maximum atomic E-state index is 10.8. The van der Waals surface area contributed by atoms with Gasteiger partial charge in [-0.25, -0.2) is 4.99 Å². The molecule has 0 rings (SSSR count). The Kier molecular flexibility index (Phi) is 5.34. The van der Waals surface area contributed by atoms with E-state index in [1.165, 1.54) is 18.6 Å². The highest BCUT2D eigenvalue weighted by Gasteiger charge is 1.97. The molecule has 0 spiro atoms. The van der Waals surface area contributed by atoms with Crippen molar-refractivity contribution in [3.05, 3.63) is 24.4 Å². The lowest BCUT2D eigenvalue weighted by Gasteiger charge is -1.94. The summed E-state index contributed by atoms with van der Waals surface area (Å²) < 4.78 is 0. The minimum atomic E-state index is -0.203. The summed E-state index contributed by atoms with van der Waals surface area (Å²) >= 11 is 0. The predicted molar refractivity (Wildman–Crippen MR) is 49.9 cm³/mol. The summed E-state index contributed by atoms with van der Waals surface area (Å²) in [5.41, 5.74) is 0.380. The van der Waals surface area contributed by atoms with Gasteiger partial charge in [0.2, 0.25) is 5.91 Å². The zero-order valence-corrected chi connectivity index (χ0v) is 7.29. The third kappa shape index (κ3) is 4.27. The molecule has 0 bridgehead atoms. The lowest BCUT2D eigenvalue weighted by molar-refractivity contribution is -0.116. The molecule has 0 saturated carbocycles. The first-order valence-corrected chi connectivity index (χ1v) is 3.48. The van der Waals surface area contributed by atoms with Crippen molar-refractivity contribution in [3.63, 3.8) is 0 Å². The smallest absolute Gasteiger partial charge is 0.250 e. The van der Waals surface area contributed by atoms with Gasteiger partial charge in [-0.1, -0.05) is 6.58 Å². The summed E-state index contributed by atoms with van der Waals surface area (Å²) in [5, 5.41) is 5.16. The summed E-state index contributed by atoms with van der Waals surface area (Å²) in [6.07, 6.45) is 4.54. The predicted octanol–water partition coefficient (Wildman–Crippen LogP) is 0.0500. The van der Waals surface area contributed by atoms with E-state index >= 15 is 0 Å². The lowest BCUT2D eigenvalue weighted by atomic mass is 10.3. The Morgan fingerprint density at radius 3 is 2.67 bits per heavy atom. The number of nitrogens with zero attached hydrogens (tertiary/aromatic N) is 1. The standard InChI is InChI=1S/C8H13N3O/c1-7(8(12)10-3)4-5-11-6-9-2/h4-6H,1H2,2-3H3,(H,9,11)(H,10,12)/b5-4-. The van der Waals surface area contributed by atoms with Gasteiger partial charge in [0.25, 0.3) is 0 Å². The number of carbonyl (C=O) groups excluding carboxylic acids is 1. The normalized spacial score (nSPS) is 10.5. The largest absolute Gasteiger partial charge is 0.379 e. The monoisotopic (exact) mass is 167 g/mol. The van der Waals surface area contributed by atoms with Crippen molar-refractivity contribution in [2.45, 2.75) is 0 Å². The number of aliphatic imine (C=N–C) groups is 1. The number of likely N-dealkylation sites (N-methyl/N-ethyl adjacent to an activating group) is 1. The second kappa shape index (κ2) is 6.15. The highest BCUT2D eigenvalue weighted by molar-refractivity contribution is 5.95. The van der Waals surface area contributed by atoms with Crippen LogP contribution in [-0.4, -0.2) is 26.3 Å². The van der Waals surface area contributed by atoms with E-state index in [9.17, 15) is 4.79 Å². The SMILES string of the molecule is C=C(/C=C\N=C\NC)C(=O)NC. The maximum Gasteiger partial charge on any atom is 0.250 e. The van der Waals surface area contributed by atoms with Gasteiger partial charge in [-0.2, -0.15) is 0 Å². The summed E-state index contributed by atoms with van der Waals surface area (Å²) in [7, 11) is 3.29. The van der Waals surface area contributed by atoms with Gasteiger partial charge in [-0.15, -0.1) is 0 Å². The van der Waals surface area contributed by atoms with Crippen molar-refractivity contribution in [2.75, 3.05) is 14.1 Å². The van der Waals surface area contributed by atoms with Crippen LogP contribution in [0.4, 0.5) is 0 Å². The fourth-order valence-corrected chi connectivity index (χ4v) is 0.487. The molecule has 0 aromatic carbocycles. The van der Waals surface area contributed by atoms with Crippen LogP contribution in [0.2, 0.25) is 0 Å². The van der Waals surface area contributed by atoms with Crippen LogP contribution in [-0.2, 0) is 4.79 Å². The quantitative estimate of drug-likeness (QED) is 0.269. The average molecular weight is 167 g/mol. The van der Waals surface area contributed by atoms with Gasteiger partial charge < -0.3 is 10.6 Å². The fraction of sp³-hybridized carbons (Fsp3) is 0.250. The van der Waals surface area contributed by atoms with Crippen LogP contribution in [0, 0.1) is 0 Å². The molecule has 66 valence electrons. The Labute approximate surface area is 72.1 Å². The van der Waals surface area contributed by atoms with Crippen LogP contribution in [0.5, 0.6) is 0 Å². The number of carbonyl (C=O) groups is 1. The van der Waals surface area contributed by atoms with Crippen molar-refractivity contribution in [2.24, 2.45) is 4.99 Å². The van der Waals surface area contributed by atoms with E-state index in [1.54, 1.807) is 14.1 Å². The van der Waals surface area contributed by atoms with Crippen molar-refractivity contribution in [1.29, 1.82) is 0 Å². The molecule has 0 radical (unpaired) electrons. The first kappa shape index (κ1) is 10.4. The third-order valence-electron chi connectivity index (χ3n) is 1.08. The lowest BCUT2D eigenvalue weighted by Crippen LogP contribution is -2.18. The molecular formula is C8H13N3O.